The molecule has 0 bridgehead atoms. The molecule has 0 amide bonds. The molecule has 0 aliphatic rings. The molecule has 176 valence electrons. The van der Waals surface area contributed by atoms with E-state index in [0.717, 1.165) is 0 Å². The lowest BCUT2D eigenvalue weighted by atomic mass is 10.2. The van der Waals surface area contributed by atoms with E-state index in [1.807, 2.05) is 6.07 Å². The van der Waals surface area contributed by atoms with Gasteiger partial charge in [0, 0.05) is 25.0 Å². The van der Waals surface area contributed by atoms with Crippen molar-refractivity contribution >= 4 is 23.0 Å². The maximum absolute atomic E-state index is 14.8. The molecular formula is C24H18F2N6O2S. The van der Waals surface area contributed by atoms with Crippen LogP contribution < -0.4 is 14.8 Å². The lowest BCUT2D eigenvalue weighted by molar-refractivity contribution is 0.407. The Labute approximate surface area is 203 Å². The fourth-order valence-electron chi connectivity index (χ4n) is 3.08. The molecule has 2 aromatic heterocycles. The lowest BCUT2D eigenvalue weighted by Gasteiger charge is -2.15. The van der Waals surface area contributed by atoms with Crippen molar-refractivity contribution in [2.45, 2.75) is 5.75 Å². The molecule has 2 aromatic carbocycles. The minimum atomic E-state index is -1.74. The maximum Gasteiger partial charge on any atom is 0.228 e. The number of nitriles is 1. The van der Waals surface area contributed by atoms with Crippen molar-refractivity contribution in [3.8, 4) is 29.0 Å². The van der Waals surface area contributed by atoms with Crippen molar-refractivity contribution in [3.63, 3.8) is 0 Å². The van der Waals surface area contributed by atoms with Gasteiger partial charge in [-0.2, -0.15) is 9.65 Å². The van der Waals surface area contributed by atoms with Crippen molar-refractivity contribution in [2.75, 3.05) is 17.1 Å². The number of benzene rings is 2. The summed E-state index contributed by atoms with van der Waals surface area (Å²) in [6.07, 6.45) is 3.00. The molecule has 35 heavy (non-hydrogen) atoms. The van der Waals surface area contributed by atoms with Gasteiger partial charge in [0.05, 0.1) is 34.3 Å². The van der Waals surface area contributed by atoms with E-state index in [0.29, 0.717) is 28.3 Å². The average Bonchev–Trinajstić information content (AvgIpc) is 2.89. The van der Waals surface area contributed by atoms with Crippen molar-refractivity contribution < 1.29 is 18.1 Å². The highest BCUT2D eigenvalue weighted by molar-refractivity contribution is 7.91. The van der Waals surface area contributed by atoms with E-state index in [1.165, 1.54) is 18.3 Å². The predicted octanol–water partition coefficient (Wildman–Crippen LogP) is 4.80. The number of halogens is 2. The van der Waals surface area contributed by atoms with Crippen LogP contribution >= 0.6 is 0 Å². The Morgan fingerprint density at radius 3 is 2.57 bits per heavy atom. The highest BCUT2D eigenvalue weighted by Crippen LogP contribution is 2.34. The molecule has 0 fully saturated rings. The molecule has 0 radical (unpaired) electrons. The first-order valence-electron chi connectivity index (χ1n) is 10.2. The average molecular weight is 493 g/mol. The van der Waals surface area contributed by atoms with Crippen LogP contribution in [-0.4, -0.2) is 26.6 Å². The Kier molecular flexibility index (Phi) is 7.35. The minimum Gasteiger partial charge on any atom is -0.593 e. The summed E-state index contributed by atoms with van der Waals surface area (Å²) >= 11 is -1.74. The summed E-state index contributed by atoms with van der Waals surface area (Å²) in [6, 6.07) is 15.9. The molecule has 0 saturated heterocycles. The number of hydrogen-bond acceptors (Lipinski definition) is 8. The molecule has 0 spiro atoms. The van der Waals surface area contributed by atoms with E-state index in [4.69, 9.17) is 10.00 Å². The molecule has 11 heteroatoms. The highest BCUT2D eigenvalue weighted by atomic mass is 32.2. The van der Waals surface area contributed by atoms with Gasteiger partial charge in [-0.3, -0.25) is 0 Å². The Morgan fingerprint density at radius 1 is 1.03 bits per heavy atom. The largest absolute Gasteiger partial charge is 0.593 e. The van der Waals surface area contributed by atoms with Crippen LogP contribution in [0.15, 0.2) is 67.0 Å². The number of ether oxygens (including phenoxy) is 1. The minimum absolute atomic E-state index is 0.0247. The fraction of sp³-hybridized carbons (Fsp3) is 0.0833. The van der Waals surface area contributed by atoms with Gasteiger partial charge < -0.3 is 14.6 Å². The first-order valence-corrected chi connectivity index (χ1v) is 11.6. The number of hydrogen-bond donors (Lipinski definition) is 2. The standard InChI is InChI=1S/C24H18F2N6O2S/c1-28-24-30-12-10-18(31-24)17-3-2-11-29-23(17)34-20-9-8-19(21(25)22(20)26)32-35(33)14-16-6-4-15(13-27)5-7-16/h2-12,32H,14H2,1H3,(H,28,30,31). The van der Waals surface area contributed by atoms with Crippen LogP contribution in [0.2, 0.25) is 0 Å². The number of nitrogens with one attached hydrogen (secondary N) is 2. The molecule has 2 N–H and O–H groups in total. The van der Waals surface area contributed by atoms with Crippen LogP contribution in [0.1, 0.15) is 11.1 Å². The molecular weight excluding hydrogens is 474 g/mol. The normalized spacial score (nSPS) is 11.4. The molecule has 4 rings (SSSR count). The first-order chi connectivity index (χ1) is 17.0. The second-order valence-corrected chi connectivity index (χ2v) is 8.30. The van der Waals surface area contributed by atoms with E-state index < -0.39 is 28.7 Å². The summed E-state index contributed by atoms with van der Waals surface area (Å²) < 4.78 is 50.0. The Bertz CT molecular complexity index is 1380. The van der Waals surface area contributed by atoms with Crippen LogP contribution in [0.3, 0.4) is 0 Å². The van der Waals surface area contributed by atoms with E-state index in [1.54, 1.807) is 55.7 Å². The molecule has 0 saturated carbocycles. The molecule has 1 atom stereocenters. The van der Waals surface area contributed by atoms with E-state index in [2.05, 4.69) is 25.0 Å². The summed E-state index contributed by atoms with van der Waals surface area (Å²) in [6.45, 7) is 0. The van der Waals surface area contributed by atoms with Gasteiger partial charge in [0.15, 0.2) is 17.3 Å². The molecule has 2 heterocycles. The lowest BCUT2D eigenvalue weighted by Crippen LogP contribution is -2.16. The SMILES string of the molecule is CNc1nccc(-c2cccnc2Oc2ccc(N[S+]([O-])Cc3ccc(C#N)cc3)c(F)c2F)n1. The van der Waals surface area contributed by atoms with E-state index in [9.17, 15) is 13.3 Å². The van der Waals surface area contributed by atoms with Crippen LogP contribution in [-0.2, 0) is 17.1 Å². The van der Waals surface area contributed by atoms with Gasteiger partial charge >= 0.3 is 0 Å². The quantitative estimate of drug-likeness (QED) is 0.337. The highest BCUT2D eigenvalue weighted by Gasteiger charge is 2.20. The van der Waals surface area contributed by atoms with Crippen LogP contribution in [0.25, 0.3) is 11.3 Å². The summed E-state index contributed by atoms with van der Waals surface area (Å²) in [5.41, 5.74) is 1.79. The van der Waals surface area contributed by atoms with Crippen LogP contribution in [0.5, 0.6) is 11.6 Å². The van der Waals surface area contributed by atoms with Crippen LogP contribution in [0.4, 0.5) is 20.4 Å². The maximum atomic E-state index is 14.8. The van der Waals surface area contributed by atoms with Gasteiger partial charge in [0.2, 0.25) is 17.6 Å². The van der Waals surface area contributed by atoms with Gasteiger partial charge in [-0.05, 0) is 42.5 Å². The molecule has 4 aromatic rings. The van der Waals surface area contributed by atoms with Gasteiger partial charge in [0.1, 0.15) is 5.69 Å². The Hall–Kier alpha value is -4.27. The second kappa shape index (κ2) is 10.8. The smallest absolute Gasteiger partial charge is 0.228 e. The third kappa shape index (κ3) is 5.63. The predicted molar refractivity (Wildman–Crippen MR) is 128 cm³/mol. The summed E-state index contributed by atoms with van der Waals surface area (Å²) in [5.74, 6) is -2.46. The monoisotopic (exact) mass is 492 g/mol. The van der Waals surface area contributed by atoms with Crippen molar-refractivity contribution in [1.29, 1.82) is 5.26 Å². The van der Waals surface area contributed by atoms with Gasteiger partial charge in [-0.25, -0.2) is 24.1 Å². The number of nitrogens with zero attached hydrogens (tertiary/aromatic N) is 4. The van der Waals surface area contributed by atoms with Gasteiger partial charge in [0.25, 0.3) is 0 Å². The third-order valence-corrected chi connectivity index (χ3v) is 5.83. The van der Waals surface area contributed by atoms with Crippen LogP contribution in [0, 0.1) is 23.0 Å². The van der Waals surface area contributed by atoms with Crippen molar-refractivity contribution in [1.82, 2.24) is 15.0 Å². The molecule has 1 unspecified atom stereocenters. The molecule has 0 aliphatic heterocycles. The number of pyridine rings is 1. The number of aromatic nitrogens is 3. The fourth-order valence-corrected chi connectivity index (χ4v) is 4.05. The van der Waals surface area contributed by atoms with E-state index in [-0.39, 0.29) is 17.3 Å². The van der Waals surface area contributed by atoms with Crippen molar-refractivity contribution in [3.05, 3.63) is 89.8 Å². The summed E-state index contributed by atoms with van der Waals surface area (Å²) in [7, 11) is 1.67. The van der Waals surface area contributed by atoms with E-state index >= 15 is 0 Å². The summed E-state index contributed by atoms with van der Waals surface area (Å²) in [4.78, 5) is 12.5. The first kappa shape index (κ1) is 23.9. The van der Waals surface area contributed by atoms with Crippen molar-refractivity contribution in [2.24, 2.45) is 0 Å². The zero-order valence-corrected chi connectivity index (χ0v) is 19.1. The Morgan fingerprint density at radius 2 is 1.83 bits per heavy atom. The van der Waals surface area contributed by atoms with Gasteiger partial charge in [-0.1, -0.05) is 12.1 Å². The number of anilines is 2. The number of rotatable bonds is 8. The Balaban J connectivity index is 1.52. The second-order valence-electron chi connectivity index (χ2n) is 7.11. The zero-order chi connectivity index (χ0) is 24.8. The topological polar surface area (TPSA) is 119 Å². The zero-order valence-electron chi connectivity index (χ0n) is 18.3. The molecule has 8 nitrogen and oxygen atoms in total. The summed E-state index contributed by atoms with van der Waals surface area (Å²) in [5, 5.41) is 11.7. The van der Waals surface area contributed by atoms with Gasteiger partial charge in [-0.15, -0.1) is 0 Å². The molecule has 0 aliphatic carbocycles. The third-order valence-electron chi connectivity index (χ3n) is 4.78.